The van der Waals surface area contributed by atoms with Crippen molar-refractivity contribution in [1.29, 1.82) is 0 Å². The highest BCUT2D eigenvalue weighted by atomic mass is 32.1. The van der Waals surface area contributed by atoms with E-state index in [1.54, 1.807) is 0 Å². The SMILES string of the molecule is CC(c1cccs1)N1CC(CO)C1. The number of nitrogens with zero attached hydrogens (tertiary/aromatic N) is 1. The van der Waals surface area contributed by atoms with Crippen LogP contribution in [-0.2, 0) is 0 Å². The van der Waals surface area contributed by atoms with Gasteiger partial charge in [0.15, 0.2) is 0 Å². The molecule has 1 saturated heterocycles. The number of hydrogen-bond acceptors (Lipinski definition) is 3. The Balaban J connectivity index is 1.90. The molecular formula is C10H15NOS. The Kier molecular flexibility index (Phi) is 2.67. The summed E-state index contributed by atoms with van der Waals surface area (Å²) in [4.78, 5) is 3.84. The van der Waals surface area contributed by atoms with Gasteiger partial charge in [-0.3, -0.25) is 4.90 Å². The van der Waals surface area contributed by atoms with Crippen molar-refractivity contribution in [2.75, 3.05) is 19.7 Å². The van der Waals surface area contributed by atoms with Crippen molar-refractivity contribution < 1.29 is 5.11 Å². The van der Waals surface area contributed by atoms with Crippen LogP contribution in [0, 0.1) is 5.92 Å². The minimum absolute atomic E-state index is 0.341. The third kappa shape index (κ3) is 1.77. The fraction of sp³-hybridized carbons (Fsp3) is 0.600. The zero-order chi connectivity index (χ0) is 9.26. The largest absolute Gasteiger partial charge is 0.396 e. The molecule has 3 heteroatoms. The van der Waals surface area contributed by atoms with Crippen LogP contribution in [0.1, 0.15) is 17.8 Å². The molecule has 1 aromatic heterocycles. The average Bonchev–Trinajstić information content (AvgIpc) is 2.53. The lowest BCUT2D eigenvalue weighted by molar-refractivity contribution is 0.0256. The molecule has 0 amide bonds. The molecule has 1 N–H and O–H groups in total. The van der Waals surface area contributed by atoms with Gasteiger partial charge in [0.05, 0.1) is 0 Å². The molecule has 2 heterocycles. The van der Waals surface area contributed by atoms with Crippen LogP contribution in [0.3, 0.4) is 0 Å². The van der Waals surface area contributed by atoms with Gasteiger partial charge in [0, 0.05) is 36.5 Å². The second-order valence-corrected chi connectivity index (χ2v) is 4.67. The number of rotatable bonds is 3. The minimum Gasteiger partial charge on any atom is -0.396 e. The van der Waals surface area contributed by atoms with Gasteiger partial charge in [-0.15, -0.1) is 11.3 Å². The van der Waals surface area contributed by atoms with Gasteiger partial charge in [-0.2, -0.15) is 0 Å². The highest BCUT2D eigenvalue weighted by Gasteiger charge is 2.30. The second kappa shape index (κ2) is 3.78. The molecule has 13 heavy (non-hydrogen) atoms. The first-order valence-electron chi connectivity index (χ1n) is 4.69. The number of likely N-dealkylation sites (tertiary alicyclic amines) is 1. The molecule has 0 radical (unpaired) electrons. The van der Waals surface area contributed by atoms with E-state index in [4.69, 9.17) is 5.11 Å². The van der Waals surface area contributed by atoms with Crippen LogP contribution in [-0.4, -0.2) is 29.7 Å². The Bertz CT molecular complexity index is 254. The van der Waals surface area contributed by atoms with Crippen molar-refractivity contribution >= 4 is 11.3 Å². The van der Waals surface area contributed by atoms with Crippen molar-refractivity contribution in [3.63, 3.8) is 0 Å². The van der Waals surface area contributed by atoms with Gasteiger partial charge in [0.1, 0.15) is 0 Å². The van der Waals surface area contributed by atoms with Crippen molar-refractivity contribution in [3.8, 4) is 0 Å². The Morgan fingerprint density at radius 3 is 3.00 bits per heavy atom. The summed E-state index contributed by atoms with van der Waals surface area (Å²) in [5.41, 5.74) is 0. The van der Waals surface area contributed by atoms with E-state index in [1.807, 2.05) is 11.3 Å². The summed E-state index contributed by atoms with van der Waals surface area (Å²) in [6, 6.07) is 4.81. The normalized spacial score (nSPS) is 21.4. The van der Waals surface area contributed by atoms with Crippen molar-refractivity contribution in [2.45, 2.75) is 13.0 Å². The summed E-state index contributed by atoms with van der Waals surface area (Å²) < 4.78 is 0. The summed E-state index contributed by atoms with van der Waals surface area (Å²) in [7, 11) is 0. The van der Waals surface area contributed by atoms with Gasteiger partial charge < -0.3 is 5.11 Å². The molecule has 0 aliphatic carbocycles. The van der Waals surface area contributed by atoms with Gasteiger partial charge >= 0.3 is 0 Å². The van der Waals surface area contributed by atoms with E-state index < -0.39 is 0 Å². The molecule has 1 aliphatic rings. The molecule has 0 spiro atoms. The molecule has 1 fully saturated rings. The number of aliphatic hydroxyl groups excluding tert-OH is 1. The minimum atomic E-state index is 0.341. The van der Waals surface area contributed by atoms with E-state index in [0.29, 0.717) is 18.6 Å². The van der Waals surface area contributed by atoms with Gasteiger partial charge in [0.25, 0.3) is 0 Å². The summed E-state index contributed by atoms with van der Waals surface area (Å²) >= 11 is 1.81. The van der Waals surface area contributed by atoms with E-state index in [0.717, 1.165) is 13.1 Å². The second-order valence-electron chi connectivity index (χ2n) is 3.69. The monoisotopic (exact) mass is 197 g/mol. The van der Waals surface area contributed by atoms with Crippen molar-refractivity contribution in [3.05, 3.63) is 22.4 Å². The lowest BCUT2D eigenvalue weighted by Crippen LogP contribution is -2.49. The van der Waals surface area contributed by atoms with Crippen LogP contribution in [0.2, 0.25) is 0 Å². The first-order chi connectivity index (χ1) is 6.31. The van der Waals surface area contributed by atoms with Crippen molar-refractivity contribution in [1.82, 2.24) is 4.90 Å². The topological polar surface area (TPSA) is 23.5 Å². The third-order valence-electron chi connectivity index (χ3n) is 2.75. The lowest BCUT2D eigenvalue weighted by Gasteiger charge is -2.42. The Labute approximate surface area is 82.8 Å². The Morgan fingerprint density at radius 2 is 2.46 bits per heavy atom. The number of hydrogen-bond donors (Lipinski definition) is 1. The Morgan fingerprint density at radius 1 is 1.69 bits per heavy atom. The van der Waals surface area contributed by atoms with Crippen LogP contribution < -0.4 is 0 Å². The standard InChI is InChI=1S/C10H15NOS/c1-8(10-3-2-4-13-10)11-5-9(6-11)7-12/h2-4,8-9,12H,5-7H2,1H3. The molecule has 2 rings (SSSR count). The van der Waals surface area contributed by atoms with Gasteiger partial charge in [-0.25, -0.2) is 0 Å². The van der Waals surface area contributed by atoms with E-state index in [1.165, 1.54) is 4.88 Å². The molecule has 1 atom stereocenters. The molecule has 0 bridgehead atoms. The fourth-order valence-electron chi connectivity index (χ4n) is 1.75. The zero-order valence-corrected chi connectivity index (χ0v) is 8.63. The summed E-state index contributed by atoms with van der Waals surface area (Å²) in [6.07, 6.45) is 0. The van der Waals surface area contributed by atoms with Crippen LogP contribution in [0.25, 0.3) is 0 Å². The maximum Gasteiger partial charge on any atom is 0.0483 e. The quantitative estimate of drug-likeness (QED) is 0.797. The summed E-state index contributed by atoms with van der Waals surface area (Å²) in [5.74, 6) is 0.516. The predicted molar refractivity (Wildman–Crippen MR) is 54.9 cm³/mol. The number of aliphatic hydroxyl groups is 1. The van der Waals surface area contributed by atoms with Crippen LogP contribution in [0.4, 0.5) is 0 Å². The molecule has 0 aromatic carbocycles. The zero-order valence-electron chi connectivity index (χ0n) is 7.81. The number of thiophene rings is 1. The van der Waals surface area contributed by atoms with Gasteiger partial charge in [0.2, 0.25) is 0 Å². The first kappa shape index (κ1) is 9.19. The van der Waals surface area contributed by atoms with Crippen LogP contribution in [0.15, 0.2) is 17.5 Å². The fourth-order valence-corrected chi connectivity index (χ4v) is 2.57. The average molecular weight is 197 g/mol. The molecule has 0 saturated carbocycles. The predicted octanol–water partition coefficient (Wildman–Crippen LogP) is 1.73. The van der Waals surface area contributed by atoms with E-state index in [2.05, 4.69) is 29.3 Å². The summed E-state index contributed by atoms with van der Waals surface area (Å²) in [5, 5.41) is 11.0. The van der Waals surface area contributed by atoms with E-state index in [9.17, 15) is 0 Å². The molecular weight excluding hydrogens is 182 g/mol. The molecule has 72 valence electrons. The maximum atomic E-state index is 8.89. The highest BCUT2D eigenvalue weighted by molar-refractivity contribution is 7.10. The van der Waals surface area contributed by atoms with Crippen LogP contribution in [0.5, 0.6) is 0 Å². The van der Waals surface area contributed by atoms with Crippen molar-refractivity contribution in [2.24, 2.45) is 5.92 Å². The first-order valence-corrected chi connectivity index (χ1v) is 5.57. The smallest absolute Gasteiger partial charge is 0.0483 e. The Hall–Kier alpha value is -0.380. The molecule has 1 aliphatic heterocycles. The summed E-state index contributed by atoms with van der Waals surface area (Å²) in [6.45, 7) is 4.68. The van der Waals surface area contributed by atoms with Crippen LogP contribution >= 0.6 is 11.3 Å². The van der Waals surface area contributed by atoms with Gasteiger partial charge in [-0.05, 0) is 18.4 Å². The maximum absolute atomic E-state index is 8.89. The van der Waals surface area contributed by atoms with E-state index in [-0.39, 0.29) is 0 Å². The molecule has 1 aromatic rings. The lowest BCUT2D eigenvalue weighted by atomic mass is 9.99. The molecule has 1 unspecified atom stereocenters. The van der Waals surface area contributed by atoms with Gasteiger partial charge in [-0.1, -0.05) is 6.07 Å². The highest BCUT2D eigenvalue weighted by Crippen LogP contribution is 2.30. The van der Waals surface area contributed by atoms with E-state index >= 15 is 0 Å². The third-order valence-corrected chi connectivity index (χ3v) is 3.79. The molecule has 2 nitrogen and oxygen atoms in total.